The largest absolute Gasteiger partial charge is 0.466 e. The molecule has 250 valence electrons. The number of rotatable bonds is 10. The van der Waals surface area contributed by atoms with Crippen LogP contribution in [0.3, 0.4) is 0 Å². The Morgan fingerprint density at radius 3 is 2.39 bits per heavy atom. The molecule has 12 heteroatoms. The molecule has 3 aliphatic rings. The van der Waals surface area contributed by atoms with Crippen LogP contribution in [0.5, 0.6) is 0 Å². The minimum absolute atomic E-state index is 0.0223. The summed E-state index contributed by atoms with van der Waals surface area (Å²) in [6.07, 6.45) is 7.19. The highest BCUT2D eigenvalue weighted by Crippen LogP contribution is 2.30. The van der Waals surface area contributed by atoms with Crippen LogP contribution in [0.2, 0.25) is 0 Å². The summed E-state index contributed by atoms with van der Waals surface area (Å²) in [5, 5.41) is 8.50. The summed E-state index contributed by atoms with van der Waals surface area (Å²) in [6.45, 7) is 6.65. The maximum atomic E-state index is 15.7. The number of nitrogens with zero attached hydrogens (tertiary/aromatic N) is 2. The van der Waals surface area contributed by atoms with E-state index < -0.39 is 35.6 Å². The van der Waals surface area contributed by atoms with Crippen LogP contribution in [0, 0.1) is 11.7 Å². The van der Waals surface area contributed by atoms with Gasteiger partial charge in [-0.25, -0.2) is 4.39 Å². The minimum Gasteiger partial charge on any atom is -0.466 e. The number of anilines is 1. The van der Waals surface area contributed by atoms with E-state index in [1.165, 1.54) is 18.4 Å². The number of amides is 4. The predicted molar refractivity (Wildman–Crippen MR) is 169 cm³/mol. The second kappa shape index (κ2) is 15.2. The third kappa shape index (κ3) is 7.78. The molecule has 5 rings (SSSR count). The lowest BCUT2D eigenvalue weighted by Gasteiger charge is -2.36. The van der Waals surface area contributed by atoms with Crippen molar-refractivity contribution in [1.82, 2.24) is 20.4 Å². The SMILES string of the molecule is CCC(=O)N[C@@H](C(=O)N1CCN(C)CC1)[C@@H](C)c1ccc(NC(=O)[C@@H](NC(=O)c2coc3c2COC3)C2CCCCCC2)c(F)c1. The second-order valence-electron chi connectivity index (χ2n) is 12.8. The summed E-state index contributed by atoms with van der Waals surface area (Å²) in [5.41, 5.74) is 1.53. The number of hydrogen-bond acceptors (Lipinski definition) is 7. The highest BCUT2D eigenvalue weighted by molar-refractivity contribution is 6.02. The topological polar surface area (TPSA) is 133 Å². The maximum absolute atomic E-state index is 15.7. The molecule has 46 heavy (non-hydrogen) atoms. The minimum atomic E-state index is -0.869. The van der Waals surface area contributed by atoms with E-state index in [1.807, 2.05) is 7.05 Å². The first-order valence-electron chi connectivity index (χ1n) is 16.5. The van der Waals surface area contributed by atoms with E-state index in [9.17, 15) is 19.2 Å². The smallest absolute Gasteiger partial charge is 0.255 e. The normalized spacial score (nSPS) is 19.4. The number of ether oxygens (including phenoxy) is 1. The zero-order valence-corrected chi connectivity index (χ0v) is 27.0. The first-order chi connectivity index (χ1) is 22.2. The molecule has 0 bridgehead atoms. The van der Waals surface area contributed by atoms with Crippen molar-refractivity contribution >= 4 is 29.3 Å². The second-order valence-corrected chi connectivity index (χ2v) is 12.8. The first-order valence-corrected chi connectivity index (χ1v) is 16.5. The lowest BCUT2D eigenvalue weighted by Crippen LogP contribution is -2.55. The van der Waals surface area contributed by atoms with E-state index in [4.69, 9.17) is 9.15 Å². The lowest BCUT2D eigenvalue weighted by molar-refractivity contribution is -0.138. The van der Waals surface area contributed by atoms with Crippen molar-refractivity contribution < 1.29 is 32.7 Å². The molecule has 3 atom stereocenters. The maximum Gasteiger partial charge on any atom is 0.255 e. The van der Waals surface area contributed by atoms with Gasteiger partial charge in [-0.15, -0.1) is 0 Å². The molecule has 0 spiro atoms. The number of furan rings is 1. The van der Waals surface area contributed by atoms with E-state index in [1.54, 1.807) is 24.8 Å². The van der Waals surface area contributed by atoms with Gasteiger partial charge in [-0.05, 0) is 43.5 Å². The fraction of sp³-hybridized carbons (Fsp3) is 0.588. The number of piperazine rings is 1. The number of carbonyl (C=O) groups excluding carboxylic acids is 4. The van der Waals surface area contributed by atoms with Crippen LogP contribution < -0.4 is 16.0 Å². The Balaban J connectivity index is 1.32. The molecule has 1 aliphatic carbocycles. The highest BCUT2D eigenvalue weighted by Gasteiger charge is 2.35. The van der Waals surface area contributed by atoms with Gasteiger partial charge in [-0.3, -0.25) is 19.2 Å². The summed E-state index contributed by atoms with van der Waals surface area (Å²) in [5.74, 6) is -2.06. The Labute approximate surface area is 269 Å². The standard InChI is InChI=1S/C34H46FN5O6/c1-4-29(41)37-30(34(44)40-15-13-39(3)14-16-40)21(2)23-11-12-27(26(35)17-23)36-33(43)31(22-9-7-5-6-8-10-22)38-32(42)25-19-46-28-20-45-18-24(25)28/h11-12,17,19,21-22,30-31H,4-10,13-16,18,20H2,1-3H3,(H,36,43)(H,37,41)(H,38,42)/t21-,30+,31-/m0/s1. The number of likely N-dealkylation sites (N-methyl/N-ethyl adjacent to an activating group) is 1. The predicted octanol–water partition coefficient (Wildman–Crippen LogP) is 3.93. The van der Waals surface area contributed by atoms with Crippen molar-refractivity contribution in [3.63, 3.8) is 0 Å². The summed E-state index contributed by atoms with van der Waals surface area (Å²) >= 11 is 0. The van der Waals surface area contributed by atoms with Gasteiger partial charge < -0.3 is 34.9 Å². The molecule has 2 aliphatic heterocycles. The number of benzene rings is 1. The molecule has 2 aromatic rings. The molecule has 3 heterocycles. The summed E-state index contributed by atoms with van der Waals surface area (Å²) in [4.78, 5) is 56.9. The third-order valence-electron chi connectivity index (χ3n) is 9.64. The number of hydrogen-bond donors (Lipinski definition) is 3. The van der Waals surface area contributed by atoms with Crippen molar-refractivity contribution in [2.75, 3.05) is 38.5 Å². The van der Waals surface area contributed by atoms with Crippen LogP contribution in [0.1, 0.15) is 92.0 Å². The van der Waals surface area contributed by atoms with E-state index in [0.29, 0.717) is 42.1 Å². The van der Waals surface area contributed by atoms with Gasteiger partial charge in [0, 0.05) is 44.1 Å². The molecule has 3 N–H and O–H groups in total. The van der Waals surface area contributed by atoms with Gasteiger partial charge in [-0.1, -0.05) is 45.6 Å². The van der Waals surface area contributed by atoms with Crippen LogP contribution >= 0.6 is 0 Å². The highest BCUT2D eigenvalue weighted by atomic mass is 19.1. The lowest BCUT2D eigenvalue weighted by atomic mass is 9.90. The number of fused-ring (bicyclic) bond motifs is 1. The zero-order chi connectivity index (χ0) is 32.8. The Hall–Kier alpha value is -3.77. The Morgan fingerprint density at radius 1 is 1.00 bits per heavy atom. The quantitative estimate of drug-likeness (QED) is 0.336. The van der Waals surface area contributed by atoms with Crippen LogP contribution in [0.25, 0.3) is 0 Å². The fourth-order valence-corrected chi connectivity index (χ4v) is 6.62. The van der Waals surface area contributed by atoms with Crippen LogP contribution in [-0.4, -0.2) is 78.7 Å². The van der Waals surface area contributed by atoms with Gasteiger partial charge in [-0.2, -0.15) is 0 Å². The van der Waals surface area contributed by atoms with E-state index >= 15 is 4.39 Å². The van der Waals surface area contributed by atoms with Crippen LogP contribution in [0.15, 0.2) is 28.9 Å². The molecule has 2 fully saturated rings. The average Bonchev–Trinajstić information content (AvgIpc) is 3.58. The zero-order valence-electron chi connectivity index (χ0n) is 27.0. The summed E-state index contributed by atoms with van der Waals surface area (Å²) < 4.78 is 26.5. The molecule has 1 aromatic carbocycles. The van der Waals surface area contributed by atoms with Crippen LogP contribution in [0.4, 0.5) is 10.1 Å². The fourth-order valence-electron chi connectivity index (χ4n) is 6.62. The van der Waals surface area contributed by atoms with Gasteiger partial charge in [0.25, 0.3) is 5.91 Å². The van der Waals surface area contributed by atoms with Crippen molar-refractivity contribution in [2.45, 2.75) is 90.0 Å². The Kier molecular flexibility index (Phi) is 11.1. The van der Waals surface area contributed by atoms with E-state index in [2.05, 4.69) is 20.9 Å². The van der Waals surface area contributed by atoms with Crippen molar-refractivity contribution in [3.05, 3.63) is 52.7 Å². The van der Waals surface area contributed by atoms with Gasteiger partial charge in [0.15, 0.2) is 0 Å². The first kappa shape index (κ1) is 33.6. The van der Waals surface area contributed by atoms with Crippen molar-refractivity contribution in [1.29, 1.82) is 0 Å². The molecule has 1 saturated carbocycles. The summed E-state index contributed by atoms with van der Waals surface area (Å²) in [6, 6.07) is 2.72. The van der Waals surface area contributed by atoms with Gasteiger partial charge in [0.1, 0.15) is 36.5 Å². The number of nitrogens with one attached hydrogen (secondary N) is 3. The molecule has 4 amide bonds. The summed E-state index contributed by atoms with van der Waals surface area (Å²) in [7, 11) is 2.00. The van der Waals surface area contributed by atoms with Gasteiger partial charge >= 0.3 is 0 Å². The Bertz CT molecular complexity index is 1410. The molecule has 1 aromatic heterocycles. The van der Waals surface area contributed by atoms with Gasteiger partial charge in [0.2, 0.25) is 17.7 Å². The van der Waals surface area contributed by atoms with E-state index in [-0.39, 0.29) is 36.4 Å². The third-order valence-corrected chi connectivity index (χ3v) is 9.64. The molecule has 1 saturated heterocycles. The average molecular weight is 640 g/mol. The van der Waals surface area contributed by atoms with Crippen LogP contribution in [-0.2, 0) is 32.3 Å². The monoisotopic (exact) mass is 639 g/mol. The van der Waals surface area contributed by atoms with Gasteiger partial charge in [0.05, 0.1) is 17.9 Å². The number of carbonyl (C=O) groups is 4. The molecule has 11 nitrogen and oxygen atoms in total. The van der Waals surface area contributed by atoms with Crippen molar-refractivity contribution in [3.8, 4) is 0 Å². The number of halogens is 1. The Morgan fingerprint density at radius 2 is 1.72 bits per heavy atom. The molecule has 0 radical (unpaired) electrons. The molecule has 0 unspecified atom stereocenters. The molecular weight excluding hydrogens is 593 g/mol. The van der Waals surface area contributed by atoms with Crippen molar-refractivity contribution in [2.24, 2.45) is 5.92 Å². The molecular formula is C34H46FN5O6. The van der Waals surface area contributed by atoms with E-state index in [0.717, 1.165) is 51.6 Å².